The average molecular weight is 675 g/mol. The van der Waals surface area contributed by atoms with Crippen LogP contribution in [0.2, 0.25) is 0 Å². The second-order valence-electron chi connectivity index (χ2n) is 12.8. The van der Waals surface area contributed by atoms with Gasteiger partial charge in [0, 0.05) is 63.0 Å². The largest absolute Gasteiger partial charge is 0.436 e. The predicted octanol–water partition coefficient (Wildman–Crippen LogP) is 14.0. The topological polar surface area (TPSA) is 29.3 Å². The lowest BCUT2D eigenvalue weighted by Gasteiger charge is -2.26. The third-order valence-corrected chi connectivity index (χ3v) is 12.1. The standard InChI is InChI=1S/C45H26N2OS2/c1-5-11-41-35(7-1)37-23-30-21-33(19-15-28(30)25-43(37)49-41)47(32-17-13-27(14-18-32)45-46-39-9-3-4-10-40(39)48-45)34-20-16-29-26-44-38(24-31(29)22-34)36-8-2-6-12-42(36)50-44/h1-26H. The third kappa shape index (κ3) is 4.37. The van der Waals surface area contributed by atoms with Crippen molar-refractivity contribution >= 4 is 113 Å². The fourth-order valence-electron chi connectivity index (χ4n) is 7.39. The Morgan fingerprint density at radius 3 is 1.56 bits per heavy atom. The van der Waals surface area contributed by atoms with Crippen molar-refractivity contribution in [3.63, 3.8) is 0 Å². The Morgan fingerprint density at radius 1 is 0.420 bits per heavy atom. The van der Waals surface area contributed by atoms with E-state index in [4.69, 9.17) is 9.40 Å². The molecule has 0 aliphatic rings. The zero-order chi connectivity index (χ0) is 32.8. The minimum Gasteiger partial charge on any atom is -0.436 e. The summed E-state index contributed by atoms with van der Waals surface area (Å²) in [7, 11) is 0. The molecule has 0 aliphatic carbocycles. The van der Waals surface area contributed by atoms with Crippen LogP contribution >= 0.6 is 22.7 Å². The second kappa shape index (κ2) is 10.7. The summed E-state index contributed by atoms with van der Waals surface area (Å²) in [5, 5.41) is 10.2. The first-order valence-electron chi connectivity index (χ1n) is 16.7. The van der Waals surface area contributed by atoms with Crippen molar-refractivity contribution in [2.75, 3.05) is 4.90 Å². The van der Waals surface area contributed by atoms with Gasteiger partial charge in [-0.3, -0.25) is 0 Å². The molecular weight excluding hydrogens is 649 g/mol. The van der Waals surface area contributed by atoms with Gasteiger partial charge in [0.05, 0.1) is 0 Å². The monoisotopic (exact) mass is 674 g/mol. The van der Waals surface area contributed by atoms with E-state index in [9.17, 15) is 0 Å². The molecule has 0 fully saturated rings. The van der Waals surface area contributed by atoms with Gasteiger partial charge in [-0.15, -0.1) is 22.7 Å². The zero-order valence-corrected chi connectivity index (χ0v) is 28.3. The number of hydrogen-bond acceptors (Lipinski definition) is 5. The number of fused-ring (bicyclic) bond motifs is 9. The molecule has 0 atom stereocenters. The Balaban J connectivity index is 1.09. The van der Waals surface area contributed by atoms with Crippen molar-refractivity contribution in [1.82, 2.24) is 4.98 Å². The first kappa shape index (κ1) is 27.9. The highest BCUT2D eigenvalue weighted by Crippen LogP contribution is 2.42. The van der Waals surface area contributed by atoms with Crippen molar-refractivity contribution in [2.45, 2.75) is 0 Å². The summed E-state index contributed by atoms with van der Waals surface area (Å²) in [6.07, 6.45) is 0. The van der Waals surface area contributed by atoms with Crippen LogP contribution in [0.25, 0.3) is 84.4 Å². The summed E-state index contributed by atoms with van der Waals surface area (Å²) in [4.78, 5) is 7.11. The summed E-state index contributed by atoms with van der Waals surface area (Å²) in [6, 6.07) is 56.9. The van der Waals surface area contributed by atoms with Crippen LogP contribution in [0, 0.1) is 0 Å². The summed E-state index contributed by atoms with van der Waals surface area (Å²) >= 11 is 3.72. The molecule has 3 nitrogen and oxygen atoms in total. The van der Waals surface area contributed by atoms with Crippen LogP contribution < -0.4 is 4.90 Å². The molecule has 3 aromatic heterocycles. The third-order valence-electron chi connectivity index (χ3n) is 9.82. The van der Waals surface area contributed by atoms with E-state index >= 15 is 0 Å². The lowest BCUT2D eigenvalue weighted by Crippen LogP contribution is -2.09. The summed E-state index contributed by atoms with van der Waals surface area (Å²) < 4.78 is 11.4. The number of aromatic nitrogens is 1. The SMILES string of the molecule is c1ccc2oc(-c3ccc(N(c4ccc5cc6sc7ccccc7c6cc5c4)c4ccc5cc6sc7ccccc7c6cc5c4)cc3)nc2c1. The maximum Gasteiger partial charge on any atom is 0.227 e. The normalized spacial score (nSPS) is 12.0. The highest BCUT2D eigenvalue weighted by molar-refractivity contribution is 7.26. The Labute approximate surface area is 294 Å². The van der Waals surface area contributed by atoms with Crippen molar-refractivity contribution in [2.24, 2.45) is 0 Å². The zero-order valence-electron chi connectivity index (χ0n) is 26.6. The number of thiophene rings is 2. The minimum atomic E-state index is 0.625. The fraction of sp³-hybridized carbons (Fsp3) is 0. The lowest BCUT2D eigenvalue weighted by atomic mass is 10.0. The molecule has 11 aromatic rings. The molecule has 0 saturated carbocycles. The van der Waals surface area contributed by atoms with Gasteiger partial charge in [0.15, 0.2) is 5.58 Å². The number of anilines is 3. The van der Waals surface area contributed by atoms with Gasteiger partial charge in [0.25, 0.3) is 0 Å². The molecule has 0 bridgehead atoms. The Hall–Kier alpha value is -6.01. The molecule has 0 unspecified atom stereocenters. The molecule has 234 valence electrons. The second-order valence-corrected chi connectivity index (χ2v) is 15.0. The van der Waals surface area contributed by atoms with Gasteiger partial charge in [-0.05, 0) is 119 Å². The lowest BCUT2D eigenvalue weighted by molar-refractivity contribution is 0.620. The van der Waals surface area contributed by atoms with Gasteiger partial charge in [0.2, 0.25) is 5.89 Å². The number of benzene rings is 8. The number of nitrogens with zero attached hydrogens (tertiary/aromatic N) is 2. The smallest absolute Gasteiger partial charge is 0.227 e. The van der Waals surface area contributed by atoms with E-state index in [1.165, 1.54) is 61.9 Å². The fourth-order valence-corrected chi connectivity index (χ4v) is 9.66. The highest BCUT2D eigenvalue weighted by Gasteiger charge is 2.17. The quantitative estimate of drug-likeness (QED) is 0.186. The van der Waals surface area contributed by atoms with Crippen LogP contribution in [0.3, 0.4) is 0 Å². The van der Waals surface area contributed by atoms with Crippen LogP contribution in [-0.2, 0) is 0 Å². The first-order chi connectivity index (χ1) is 24.7. The van der Waals surface area contributed by atoms with Gasteiger partial charge in [-0.2, -0.15) is 0 Å². The van der Waals surface area contributed by atoms with E-state index in [0.717, 1.165) is 33.7 Å². The van der Waals surface area contributed by atoms with Crippen LogP contribution in [0.5, 0.6) is 0 Å². The van der Waals surface area contributed by atoms with Crippen molar-refractivity contribution in [1.29, 1.82) is 0 Å². The molecule has 5 heteroatoms. The van der Waals surface area contributed by atoms with Crippen LogP contribution in [0.1, 0.15) is 0 Å². The maximum absolute atomic E-state index is 6.12. The molecule has 0 radical (unpaired) electrons. The van der Waals surface area contributed by atoms with Gasteiger partial charge in [0.1, 0.15) is 5.52 Å². The molecule has 50 heavy (non-hydrogen) atoms. The summed E-state index contributed by atoms with van der Waals surface area (Å²) in [5.74, 6) is 0.625. The van der Waals surface area contributed by atoms with Gasteiger partial charge in [-0.1, -0.05) is 60.7 Å². The number of oxazole rings is 1. The molecule has 3 heterocycles. The molecule has 0 spiro atoms. The van der Waals surface area contributed by atoms with Crippen molar-refractivity contribution in [3.8, 4) is 11.5 Å². The van der Waals surface area contributed by atoms with E-state index in [-0.39, 0.29) is 0 Å². The summed E-state index contributed by atoms with van der Waals surface area (Å²) in [5.41, 5.74) is 5.87. The van der Waals surface area contributed by atoms with E-state index in [1.807, 2.05) is 46.9 Å². The first-order valence-corrected chi connectivity index (χ1v) is 18.3. The number of rotatable bonds is 4. The minimum absolute atomic E-state index is 0.625. The Morgan fingerprint density at radius 2 is 0.960 bits per heavy atom. The molecule has 11 rings (SSSR count). The van der Waals surface area contributed by atoms with Gasteiger partial charge in [-0.25, -0.2) is 4.98 Å². The van der Waals surface area contributed by atoms with E-state index < -0.39 is 0 Å². The van der Waals surface area contributed by atoms with Gasteiger partial charge >= 0.3 is 0 Å². The van der Waals surface area contributed by atoms with E-state index in [1.54, 1.807) is 0 Å². The van der Waals surface area contributed by atoms with Gasteiger partial charge < -0.3 is 9.32 Å². The number of para-hydroxylation sites is 2. The maximum atomic E-state index is 6.12. The Bertz CT molecular complexity index is 2930. The molecule has 0 saturated heterocycles. The molecule has 0 N–H and O–H groups in total. The van der Waals surface area contributed by atoms with E-state index in [2.05, 4.69) is 138 Å². The van der Waals surface area contributed by atoms with Crippen LogP contribution in [0.4, 0.5) is 17.1 Å². The van der Waals surface area contributed by atoms with Crippen molar-refractivity contribution < 1.29 is 4.42 Å². The van der Waals surface area contributed by atoms with E-state index in [0.29, 0.717) is 5.89 Å². The highest BCUT2D eigenvalue weighted by atomic mass is 32.1. The molecule has 8 aromatic carbocycles. The Kier molecular flexibility index (Phi) is 5.99. The molecule has 0 amide bonds. The molecular formula is C45H26N2OS2. The average Bonchev–Trinajstić information content (AvgIpc) is 3.86. The number of hydrogen-bond donors (Lipinski definition) is 0. The predicted molar refractivity (Wildman–Crippen MR) is 215 cm³/mol. The molecule has 0 aliphatic heterocycles. The van der Waals surface area contributed by atoms with Crippen molar-refractivity contribution in [3.05, 3.63) is 158 Å². The van der Waals surface area contributed by atoms with Crippen LogP contribution in [0.15, 0.2) is 162 Å². The van der Waals surface area contributed by atoms with Crippen LogP contribution in [-0.4, -0.2) is 4.98 Å². The summed E-state index contributed by atoms with van der Waals surface area (Å²) in [6.45, 7) is 0.